The summed E-state index contributed by atoms with van der Waals surface area (Å²) in [7, 11) is 0. The Kier molecular flexibility index (Phi) is 7.23. The van der Waals surface area contributed by atoms with E-state index in [4.69, 9.17) is 9.47 Å². The van der Waals surface area contributed by atoms with Gasteiger partial charge in [0.15, 0.2) is 0 Å². The Balaban J connectivity index is 1.75. The molecule has 0 aliphatic rings. The lowest BCUT2D eigenvalue weighted by Crippen LogP contribution is -2.13. The molecule has 0 heterocycles. The minimum absolute atomic E-state index is 0.0516. The van der Waals surface area contributed by atoms with Crippen LogP contribution < -0.4 is 9.47 Å². The number of hydrogen-bond acceptors (Lipinski definition) is 4. The Bertz CT molecular complexity index is 748. The van der Waals surface area contributed by atoms with Crippen molar-refractivity contribution in [1.82, 2.24) is 0 Å². The van der Waals surface area contributed by atoms with Crippen LogP contribution in [0.15, 0.2) is 48.5 Å². The second kappa shape index (κ2) is 9.25. The van der Waals surface area contributed by atoms with E-state index < -0.39 is 0 Å². The van der Waals surface area contributed by atoms with Crippen molar-refractivity contribution in [3.8, 4) is 11.5 Å². The molecule has 0 N–H and O–H groups in total. The molecule has 29 heavy (non-hydrogen) atoms. The van der Waals surface area contributed by atoms with Crippen LogP contribution in [0.2, 0.25) is 0 Å². The van der Waals surface area contributed by atoms with Crippen LogP contribution in [0.5, 0.6) is 11.5 Å². The minimum Gasteiger partial charge on any atom is -0.427 e. The molecule has 0 aromatic heterocycles. The molecule has 0 atom stereocenters. The van der Waals surface area contributed by atoms with Gasteiger partial charge in [0, 0.05) is 12.8 Å². The highest BCUT2D eigenvalue weighted by Gasteiger charge is 2.15. The van der Waals surface area contributed by atoms with Gasteiger partial charge in [-0.2, -0.15) is 0 Å². The molecule has 2 aromatic carbocycles. The monoisotopic (exact) mass is 396 g/mol. The van der Waals surface area contributed by atoms with Crippen LogP contribution in [-0.4, -0.2) is 11.9 Å². The smallest absolute Gasteiger partial charge is 0.311 e. The first kappa shape index (κ1) is 22.7. The van der Waals surface area contributed by atoms with Crippen LogP contribution in [0.4, 0.5) is 0 Å². The van der Waals surface area contributed by atoms with Gasteiger partial charge in [0.05, 0.1) is 0 Å². The second-order valence-electron chi connectivity index (χ2n) is 9.35. The number of benzene rings is 2. The van der Waals surface area contributed by atoms with Crippen molar-refractivity contribution in [2.45, 2.75) is 71.6 Å². The maximum Gasteiger partial charge on any atom is 0.311 e. The first-order chi connectivity index (χ1) is 13.4. The summed E-state index contributed by atoms with van der Waals surface area (Å²) in [5.74, 6) is 0.334. The fourth-order valence-electron chi connectivity index (χ4n) is 2.79. The summed E-state index contributed by atoms with van der Waals surface area (Å²) in [4.78, 5) is 24.0. The summed E-state index contributed by atoms with van der Waals surface area (Å²) in [5.41, 5.74) is 2.46. The molecule has 0 radical (unpaired) electrons. The van der Waals surface area contributed by atoms with E-state index in [0.29, 0.717) is 17.9 Å². The van der Waals surface area contributed by atoms with Crippen LogP contribution in [0, 0.1) is 0 Å². The van der Waals surface area contributed by atoms with E-state index in [1.165, 1.54) is 11.1 Å². The number of carbonyl (C=O) groups excluding carboxylic acids is 2. The van der Waals surface area contributed by atoms with Crippen molar-refractivity contribution in [1.29, 1.82) is 0 Å². The molecule has 4 nitrogen and oxygen atoms in total. The lowest BCUT2D eigenvalue weighted by atomic mass is 9.87. The predicted molar refractivity (Wildman–Crippen MR) is 115 cm³/mol. The zero-order valence-corrected chi connectivity index (χ0v) is 18.4. The van der Waals surface area contributed by atoms with E-state index in [9.17, 15) is 9.59 Å². The van der Waals surface area contributed by atoms with Crippen molar-refractivity contribution in [2.75, 3.05) is 0 Å². The average molecular weight is 397 g/mol. The summed E-state index contributed by atoms with van der Waals surface area (Å²) >= 11 is 0. The fraction of sp³-hybridized carbons (Fsp3) is 0.440. The number of rotatable bonds is 6. The third-order valence-corrected chi connectivity index (χ3v) is 4.67. The Morgan fingerprint density at radius 3 is 1.21 bits per heavy atom. The first-order valence-corrected chi connectivity index (χ1v) is 10.1. The summed E-state index contributed by atoms with van der Waals surface area (Å²) in [6.45, 7) is 12.8. The van der Waals surface area contributed by atoms with Gasteiger partial charge in [-0.15, -0.1) is 0 Å². The van der Waals surface area contributed by atoms with E-state index in [1.807, 2.05) is 24.3 Å². The molecule has 0 fully saturated rings. The molecule has 2 aromatic rings. The van der Waals surface area contributed by atoms with Crippen LogP contribution in [-0.2, 0) is 20.4 Å². The molecule has 0 aliphatic heterocycles. The highest BCUT2D eigenvalue weighted by atomic mass is 16.5. The highest BCUT2D eigenvalue weighted by molar-refractivity contribution is 5.75. The zero-order valence-electron chi connectivity index (χ0n) is 18.4. The van der Waals surface area contributed by atoms with E-state index in [1.54, 1.807) is 24.3 Å². The van der Waals surface area contributed by atoms with Gasteiger partial charge in [-0.3, -0.25) is 9.59 Å². The topological polar surface area (TPSA) is 52.6 Å². The van der Waals surface area contributed by atoms with E-state index in [2.05, 4.69) is 41.5 Å². The standard InChI is InChI=1S/C25H32O4/c1-24(2,3)18-10-14-20(15-11-18)28-22(26)8-7-9-23(27)29-21-16-12-19(13-17-21)25(4,5)6/h10-17H,7-9H2,1-6H3. The van der Waals surface area contributed by atoms with Gasteiger partial charge < -0.3 is 9.47 Å². The molecular weight excluding hydrogens is 364 g/mol. The molecule has 0 aliphatic carbocycles. The van der Waals surface area contributed by atoms with E-state index in [0.717, 1.165) is 0 Å². The Hall–Kier alpha value is -2.62. The van der Waals surface area contributed by atoms with Crippen molar-refractivity contribution >= 4 is 11.9 Å². The summed E-state index contributed by atoms with van der Waals surface area (Å²) in [5, 5.41) is 0. The normalized spacial score (nSPS) is 11.8. The number of hydrogen-bond donors (Lipinski definition) is 0. The highest BCUT2D eigenvalue weighted by Crippen LogP contribution is 2.25. The van der Waals surface area contributed by atoms with E-state index >= 15 is 0 Å². The van der Waals surface area contributed by atoms with Gasteiger partial charge in [-0.25, -0.2) is 0 Å². The maximum absolute atomic E-state index is 12.0. The van der Waals surface area contributed by atoms with Crippen molar-refractivity contribution in [3.05, 3.63) is 59.7 Å². The third-order valence-electron chi connectivity index (χ3n) is 4.67. The largest absolute Gasteiger partial charge is 0.427 e. The number of esters is 2. The molecule has 2 rings (SSSR count). The summed E-state index contributed by atoms with van der Waals surface area (Å²) in [6.07, 6.45) is 0.718. The van der Waals surface area contributed by atoms with Gasteiger partial charge >= 0.3 is 11.9 Å². The third kappa shape index (κ3) is 7.37. The molecule has 0 spiro atoms. The maximum atomic E-state index is 12.0. The summed E-state index contributed by atoms with van der Waals surface area (Å²) < 4.78 is 10.7. The Labute approximate surface area is 174 Å². The van der Waals surface area contributed by atoms with Gasteiger partial charge in [0.1, 0.15) is 11.5 Å². The summed E-state index contributed by atoms with van der Waals surface area (Å²) in [6, 6.07) is 15.1. The van der Waals surface area contributed by atoms with E-state index in [-0.39, 0.29) is 35.6 Å². The fourth-order valence-corrected chi connectivity index (χ4v) is 2.79. The minimum atomic E-state index is -0.351. The van der Waals surface area contributed by atoms with Crippen LogP contribution in [0.3, 0.4) is 0 Å². The quantitative estimate of drug-likeness (QED) is 0.446. The van der Waals surface area contributed by atoms with Gasteiger partial charge in [-0.1, -0.05) is 65.8 Å². The van der Waals surface area contributed by atoms with Crippen molar-refractivity contribution in [3.63, 3.8) is 0 Å². The second-order valence-corrected chi connectivity index (χ2v) is 9.35. The van der Waals surface area contributed by atoms with Gasteiger partial charge in [-0.05, 0) is 52.6 Å². The number of ether oxygens (including phenoxy) is 2. The molecule has 0 saturated carbocycles. The predicted octanol–water partition coefficient (Wildman–Crippen LogP) is 5.96. The number of carbonyl (C=O) groups is 2. The SMILES string of the molecule is CC(C)(C)c1ccc(OC(=O)CCCC(=O)Oc2ccc(C(C)(C)C)cc2)cc1. The molecule has 0 bridgehead atoms. The van der Waals surface area contributed by atoms with Crippen molar-refractivity contribution < 1.29 is 19.1 Å². The van der Waals surface area contributed by atoms with Crippen LogP contribution in [0.25, 0.3) is 0 Å². The average Bonchev–Trinajstić information content (AvgIpc) is 2.61. The Morgan fingerprint density at radius 1 is 0.621 bits per heavy atom. The molecule has 0 amide bonds. The molecule has 0 saturated heterocycles. The van der Waals surface area contributed by atoms with Gasteiger partial charge in [0.2, 0.25) is 0 Å². The first-order valence-electron chi connectivity index (χ1n) is 10.1. The molecular formula is C25H32O4. The molecule has 156 valence electrons. The lowest BCUT2D eigenvalue weighted by molar-refractivity contribution is -0.136. The lowest BCUT2D eigenvalue weighted by Gasteiger charge is -2.19. The Morgan fingerprint density at radius 2 is 0.931 bits per heavy atom. The molecule has 0 unspecified atom stereocenters. The van der Waals surface area contributed by atoms with Crippen molar-refractivity contribution in [2.24, 2.45) is 0 Å². The van der Waals surface area contributed by atoms with Crippen LogP contribution >= 0.6 is 0 Å². The zero-order chi connectivity index (χ0) is 21.7. The molecule has 4 heteroatoms. The van der Waals surface area contributed by atoms with Gasteiger partial charge in [0.25, 0.3) is 0 Å². The van der Waals surface area contributed by atoms with Crippen LogP contribution in [0.1, 0.15) is 71.9 Å².